The maximum atomic E-state index is 6.74. The molecule has 0 aliphatic rings. The van der Waals surface area contributed by atoms with Gasteiger partial charge in [0.15, 0.2) is 0 Å². The third kappa shape index (κ3) is 4.80. The summed E-state index contributed by atoms with van der Waals surface area (Å²) in [5, 5.41) is 1.66. The minimum absolute atomic E-state index is 0.223. The molecule has 0 saturated carbocycles. The van der Waals surface area contributed by atoms with Crippen LogP contribution in [0.15, 0.2) is 36.5 Å². The first-order valence-corrected chi connectivity index (χ1v) is 10.5. The molecule has 3 nitrogen and oxygen atoms in total. The predicted octanol–water partition coefficient (Wildman–Crippen LogP) is 7.98. The van der Waals surface area contributed by atoms with E-state index in [9.17, 15) is 0 Å². The number of halogens is 4. The van der Waals surface area contributed by atoms with E-state index in [0.29, 0.717) is 32.2 Å². The van der Waals surface area contributed by atoms with Gasteiger partial charge in [0, 0.05) is 28.5 Å². The Bertz CT molecular complexity index is 1040. The van der Waals surface area contributed by atoms with Gasteiger partial charge in [-0.15, -0.1) is 0 Å². The lowest BCUT2D eigenvalue weighted by Gasteiger charge is -2.15. The van der Waals surface area contributed by atoms with Gasteiger partial charge >= 0.3 is 0 Å². The van der Waals surface area contributed by atoms with Gasteiger partial charge in [0.2, 0.25) is 5.88 Å². The number of ether oxygens (including phenoxy) is 1. The summed E-state index contributed by atoms with van der Waals surface area (Å²) in [6.07, 6.45) is 3.26. The predicted molar refractivity (Wildman–Crippen MR) is 122 cm³/mol. The highest BCUT2D eigenvalue weighted by Gasteiger charge is 2.18. The molecule has 0 fully saturated rings. The van der Waals surface area contributed by atoms with Crippen LogP contribution < -0.4 is 4.74 Å². The topological polar surface area (TPSA) is 35.0 Å². The third-order valence-corrected chi connectivity index (χ3v) is 6.02. The molecular formula is C22H19Cl4N2O. The molecule has 0 N–H and O–H groups in total. The molecule has 29 heavy (non-hydrogen) atoms. The quantitative estimate of drug-likeness (QED) is 0.344. The van der Waals surface area contributed by atoms with Crippen molar-refractivity contribution in [3.8, 4) is 28.3 Å². The zero-order valence-electron chi connectivity index (χ0n) is 16.2. The van der Waals surface area contributed by atoms with E-state index < -0.39 is 0 Å². The normalized spacial score (nSPS) is 11.2. The Labute approximate surface area is 191 Å². The molecule has 0 atom stereocenters. The fourth-order valence-electron chi connectivity index (χ4n) is 2.99. The van der Waals surface area contributed by atoms with Crippen LogP contribution in [0.5, 0.6) is 5.88 Å². The van der Waals surface area contributed by atoms with Crippen molar-refractivity contribution in [1.82, 2.24) is 9.97 Å². The molecule has 0 bridgehead atoms. The average molecular weight is 469 g/mol. The number of hydrogen-bond acceptors (Lipinski definition) is 3. The summed E-state index contributed by atoms with van der Waals surface area (Å²) in [5.41, 5.74) is 3.65. The van der Waals surface area contributed by atoms with E-state index in [1.165, 1.54) is 5.92 Å². The number of nitrogens with zero attached hydrogens (tertiary/aromatic N) is 2. The zero-order chi connectivity index (χ0) is 21.1. The minimum atomic E-state index is 0.223. The van der Waals surface area contributed by atoms with Gasteiger partial charge in [0.25, 0.3) is 0 Å². The van der Waals surface area contributed by atoms with E-state index in [2.05, 4.69) is 23.8 Å². The van der Waals surface area contributed by atoms with Crippen LogP contribution in [-0.4, -0.2) is 17.1 Å². The highest BCUT2D eigenvalue weighted by molar-refractivity contribution is 6.44. The van der Waals surface area contributed by atoms with Crippen LogP contribution in [0.3, 0.4) is 0 Å². The van der Waals surface area contributed by atoms with Crippen molar-refractivity contribution in [3.05, 3.63) is 68.2 Å². The molecule has 1 aromatic carbocycles. The Hall–Kier alpha value is -1.52. The fourth-order valence-corrected chi connectivity index (χ4v) is 3.97. The second-order valence-corrected chi connectivity index (χ2v) is 8.34. The number of aromatic nitrogens is 2. The van der Waals surface area contributed by atoms with Gasteiger partial charge in [-0.3, -0.25) is 0 Å². The highest BCUT2D eigenvalue weighted by Crippen LogP contribution is 2.41. The van der Waals surface area contributed by atoms with Crippen molar-refractivity contribution in [2.75, 3.05) is 7.11 Å². The first kappa shape index (κ1) is 22.2. The summed E-state index contributed by atoms with van der Waals surface area (Å²) in [7, 11) is 1.59. The van der Waals surface area contributed by atoms with Gasteiger partial charge in [-0.05, 0) is 30.9 Å². The first-order valence-electron chi connectivity index (χ1n) is 8.95. The number of hydrogen-bond donors (Lipinski definition) is 0. The van der Waals surface area contributed by atoms with E-state index in [0.717, 1.165) is 29.5 Å². The monoisotopic (exact) mass is 467 g/mol. The largest absolute Gasteiger partial charge is 0.481 e. The summed E-state index contributed by atoms with van der Waals surface area (Å²) >= 11 is 25.7. The van der Waals surface area contributed by atoms with Crippen LogP contribution in [-0.2, 0) is 6.42 Å². The Kier molecular flexibility index (Phi) is 7.28. The van der Waals surface area contributed by atoms with Crippen molar-refractivity contribution in [1.29, 1.82) is 0 Å². The van der Waals surface area contributed by atoms with Crippen molar-refractivity contribution in [3.63, 3.8) is 0 Å². The molecule has 0 spiro atoms. The zero-order valence-corrected chi connectivity index (χ0v) is 19.2. The number of pyridine rings is 2. The van der Waals surface area contributed by atoms with Crippen LogP contribution in [0.25, 0.3) is 22.4 Å². The molecule has 0 saturated heterocycles. The van der Waals surface area contributed by atoms with Crippen molar-refractivity contribution < 1.29 is 4.74 Å². The van der Waals surface area contributed by atoms with Crippen LogP contribution in [0.1, 0.15) is 25.8 Å². The molecule has 151 valence electrons. The van der Waals surface area contributed by atoms with Gasteiger partial charge in [0.05, 0.1) is 27.9 Å². The molecule has 0 amide bonds. The molecule has 2 aromatic heterocycles. The Morgan fingerprint density at radius 3 is 2.34 bits per heavy atom. The number of benzene rings is 1. The van der Waals surface area contributed by atoms with Gasteiger partial charge in [0.1, 0.15) is 5.15 Å². The maximum Gasteiger partial charge on any atom is 0.218 e. The minimum Gasteiger partial charge on any atom is -0.481 e. The van der Waals surface area contributed by atoms with Gasteiger partial charge in [-0.1, -0.05) is 78.5 Å². The van der Waals surface area contributed by atoms with E-state index in [1.807, 2.05) is 24.3 Å². The Balaban J connectivity index is 2.10. The summed E-state index contributed by atoms with van der Waals surface area (Å²) < 4.78 is 5.52. The second kappa shape index (κ2) is 9.53. The molecule has 0 unspecified atom stereocenters. The van der Waals surface area contributed by atoms with E-state index >= 15 is 0 Å². The standard InChI is InChI=1S/C22H19Cl4N2O/c1-12(2)7-8-15-17(23)11-18(28-22(15)29-3)16-6-4-5-13(19(16)24)14-9-10-27-21(26)20(14)25/h4-6,9-11H,7-8H2,1-3H3. The molecular weight excluding hydrogens is 450 g/mol. The van der Waals surface area contributed by atoms with Crippen molar-refractivity contribution in [2.45, 2.75) is 26.7 Å². The Morgan fingerprint density at radius 2 is 1.66 bits per heavy atom. The number of rotatable bonds is 6. The van der Waals surface area contributed by atoms with Crippen molar-refractivity contribution in [2.24, 2.45) is 0 Å². The summed E-state index contributed by atoms with van der Waals surface area (Å²) in [5.74, 6) is 1.82. The van der Waals surface area contributed by atoms with Crippen LogP contribution >= 0.6 is 46.4 Å². The van der Waals surface area contributed by atoms with Crippen LogP contribution in [0.4, 0.5) is 0 Å². The summed E-state index contributed by atoms with van der Waals surface area (Å²) in [6, 6.07) is 9.22. The summed E-state index contributed by atoms with van der Waals surface area (Å²) in [6.45, 7) is 4.17. The van der Waals surface area contributed by atoms with E-state index in [1.54, 1.807) is 19.4 Å². The summed E-state index contributed by atoms with van der Waals surface area (Å²) in [4.78, 5) is 8.66. The fraction of sp³-hybridized carbons (Fsp3) is 0.227. The third-order valence-electron chi connectivity index (χ3n) is 4.51. The molecule has 2 heterocycles. The molecule has 7 heteroatoms. The van der Waals surface area contributed by atoms with Gasteiger partial charge < -0.3 is 4.74 Å². The smallest absolute Gasteiger partial charge is 0.218 e. The second-order valence-electron chi connectivity index (χ2n) is 6.81. The molecule has 1 radical (unpaired) electrons. The van der Waals surface area contributed by atoms with Gasteiger partial charge in [-0.2, -0.15) is 0 Å². The first-order chi connectivity index (χ1) is 13.8. The molecule has 0 aliphatic carbocycles. The van der Waals surface area contributed by atoms with Crippen LogP contribution in [0.2, 0.25) is 20.2 Å². The molecule has 3 aromatic rings. The van der Waals surface area contributed by atoms with Crippen LogP contribution in [0, 0.1) is 5.92 Å². The lowest BCUT2D eigenvalue weighted by molar-refractivity contribution is 0.392. The Morgan fingerprint density at radius 1 is 0.966 bits per heavy atom. The van der Waals surface area contributed by atoms with E-state index in [4.69, 9.17) is 51.1 Å². The lowest BCUT2D eigenvalue weighted by atomic mass is 10.00. The van der Waals surface area contributed by atoms with Crippen molar-refractivity contribution >= 4 is 46.4 Å². The SMILES string of the molecule is COc1nc(-c2cccc(-c3ccnc(Cl)c3Cl)c2Cl)cc(Cl)c1CC[C](C)C. The maximum absolute atomic E-state index is 6.74. The average Bonchev–Trinajstić information content (AvgIpc) is 2.69. The number of methoxy groups -OCH3 is 1. The molecule has 0 aliphatic heterocycles. The highest BCUT2D eigenvalue weighted by atomic mass is 35.5. The van der Waals surface area contributed by atoms with E-state index in [-0.39, 0.29) is 5.15 Å². The lowest BCUT2D eigenvalue weighted by Crippen LogP contribution is -2.00. The van der Waals surface area contributed by atoms with Gasteiger partial charge in [-0.25, -0.2) is 9.97 Å². The molecule has 3 rings (SSSR count).